The van der Waals surface area contributed by atoms with Gasteiger partial charge in [0.25, 0.3) is 5.17 Å². The van der Waals surface area contributed by atoms with Crippen molar-refractivity contribution in [2.45, 2.75) is 18.9 Å². The molecule has 122 valence electrons. The van der Waals surface area contributed by atoms with Crippen molar-refractivity contribution in [1.82, 2.24) is 30.4 Å². The first kappa shape index (κ1) is 18.5. The van der Waals surface area contributed by atoms with Gasteiger partial charge in [0, 0.05) is 13.6 Å². The monoisotopic (exact) mass is 346 g/mol. The highest BCUT2D eigenvalue weighted by molar-refractivity contribution is 7.80. The summed E-state index contributed by atoms with van der Waals surface area (Å²) in [5.41, 5.74) is 0. The molecule has 0 spiro atoms. The Morgan fingerprint density at radius 2 is 2.45 bits per heavy atom. The maximum atomic E-state index is 12.2. The Kier molecular flexibility index (Phi) is 7.36. The van der Waals surface area contributed by atoms with Gasteiger partial charge in [-0.15, -0.1) is 19.0 Å². The number of carbonyl (C=O) groups is 1. The molecule has 2 heterocycles. The summed E-state index contributed by atoms with van der Waals surface area (Å²) in [4.78, 5) is 13.8. The van der Waals surface area contributed by atoms with E-state index >= 15 is 0 Å². The summed E-state index contributed by atoms with van der Waals surface area (Å²) >= 11 is 5.22. The van der Waals surface area contributed by atoms with Crippen LogP contribution in [0, 0.1) is 0 Å². The van der Waals surface area contributed by atoms with E-state index in [1.54, 1.807) is 18.0 Å². The van der Waals surface area contributed by atoms with Crippen LogP contribution in [0.15, 0.2) is 12.7 Å². The maximum absolute atomic E-state index is 12.2. The van der Waals surface area contributed by atoms with Gasteiger partial charge in [0.05, 0.1) is 12.6 Å². The first-order valence-corrected chi connectivity index (χ1v) is 7.08. The van der Waals surface area contributed by atoms with Crippen LogP contribution in [0.4, 0.5) is 0 Å². The summed E-state index contributed by atoms with van der Waals surface area (Å²) < 4.78 is 6.79. The quantitative estimate of drug-likeness (QED) is 0.573. The van der Waals surface area contributed by atoms with Gasteiger partial charge in [-0.05, 0) is 42.0 Å². The first-order chi connectivity index (χ1) is 10.1. The van der Waals surface area contributed by atoms with Crippen LogP contribution in [0.2, 0.25) is 0 Å². The average molecular weight is 347 g/mol. The van der Waals surface area contributed by atoms with Crippen LogP contribution in [0.1, 0.15) is 12.8 Å². The highest BCUT2D eigenvalue weighted by atomic mass is 35.5. The number of rotatable bonds is 6. The van der Waals surface area contributed by atoms with E-state index in [9.17, 15) is 4.79 Å². The normalized spacial score (nSPS) is 16.7. The number of tetrazole rings is 1. The van der Waals surface area contributed by atoms with Gasteiger partial charge in [-0.1, -0.05) is 11.2 Å². The minimum atomic E-state index is -0.100. The predicted octanol–water partition coefficient (Wildman–Crippen LogP) is 0.105. The minimum Gasteiger partial charge on any atom is -0.396 e. The number of hydrogen-bond donors (Lipinski definition) is 1. The molecule has 1 aromatic heterocycles. The van der Waals surface area contributed by atoms with Gasteiger partial charge in [0.1, 0.15) is 0 Å². The molecule has 2 rings (SSSR count). The average Bonchev–Trinajstić information content (AvgIpc) is 3.11. The summed E-state index contributed by atoms with van der Waals surface area (Å²) in [6, 6.07) is 0.0807. The zero-order valence-electron chi connectivity index (χ0n) is 12.3. The molecule has 22 heavy (non-hydrogen) atoms. The largest absolute Gasteiger partial charge is 0.396 e. The summed E-state index contributed by atoms with van der Waals surface area (Å²) in [7, 11) is 1.64. The number of carbonyl (C=O) groups excluding carboxylic acids is 1. The van der Waals surface area contributed by atoms with Gasteiger partial charge in [0.15, 0.2) is 5.78 Å². The molecule has 1 aromatic rings. The molecule has 1 N–H and O–H groups in total. The van der Waals surface area contributed by atoms with Crippen molar-refractivity contribution in [3.05, 3.63) is 12.7 Å². The number of thiocarbonyl (C=S) groups is 1. The number of ether oxygens (including phenoxy) is 1. The Labute approximate surface area is 140 Å². The molecular weight excluding hydrogens is 328 g/mol. The lowest BCUT2D eigenvalue weighted by atomic mass is 10.1. The molecule has 0 unspecified atom stereocenters. The Hall–Kier alpha value is -1.58. The molecular formula is C12H19ClN6O2S. The van der Waals surface area contributed by atoms with Crippen LogP contribution in [0.25, 0.3) is 0 Å². The van der Waals surface area contributed by atoms with Crippen LogP contribution in [0.3, 0.4) is 0 Å². The van der Waals surface area contributed by atoms with E-state index in [1.807, 2.05) is 0 Å². The smallest absolute Gasteiger partial charge is 0.342 e. The highest BCUT2D eigenvalue weighted by Crippen LogP contribution is 2.09. The SMILES string of the molecule is C=CCN(CC(=O)[C@@H]1CCCN1)C(=S)Oc1nnnn1C.Cl. The van der Waals surface area contributed by atoms with Gasteiger partial charge in [0.2, 0.25) is 0 Å². The van der Waals surface area contributed by atoms with Crippen LogP contribution in [-0.4, -0.2) is 61.7 Å². The number of nitrogens with one attached hydrogen (secondary N) is 1. The van der Waals surface area contributed by atoms with E-state index in [4.69, 9.17) is 17.0 Å². The number of nitrogens with zero attached hydrogens (tertiary/aromatic N) is 5. The lowest BCUT2D eigenvalue weighted by Gasteiger charge is -2.23. The number of aryl methyl sites for hydroxylation is 1. The first-order valence-electron chi connectivity index (χ1n) is 6.68. The van der Waals surface area contributed by atoms with E-state index in [-0.39, 0.29) is 42.0 Å². The molecule has 1 fully saturated rings. The third kappa shape index (κ3) is 4.72. The topological polar surface area (TPSA) is 85.2 Å². The van der Waals surface area contributed by atoms with Gasteiger partial charge >= 0.3 is 6.01 Å². The molecule has 0 bridgehead atoms. The number of ketones is 1. The van der Waals surface area contributed by atoms with Crippen LogP contribution >= 0.6 is 24.6 Å². The minimum absolute atomic E-state index is 0. The van der Waals surface area contributed by atoms with E-state index in [0.29, 0.717) is 6.54 Å². The van der Waals surface area contributed by atoms with Crippen molar-refractivity contribution >= 4 is 35.6 Å². The number of halogens is 1. The molecule has 0 aliphatic carbocycles. The fraction of sp³-hybridized carbons (Fsp3) is 0.583. The number of aromatic nitrogens is 4. The predicted molar refractivity (Wildman–Crippen MR) is 87.1 cm³/mol. The highest BCUT2D eigenvalue weighted by Gasteiger charge is 2.25. The lowest BCUT2D eigenvalue weighted by Crippen LogP contribution is -2.43. The van der Waals surface area contributed by atoms with Crippen molar-refractivity contribution in [3.63, 3.8) is 0 Å². The zero-order chi connectivity index (χ0) is 15.2. The fourth-order valence-corrected chi connectivity index (χ4v) is 2.28. The molecule has 1 aliphatic heterocycles. The Balaban J connectivity index is 0.00000242. The number of hydrogen-bond acceptors (Lipinski definition) is 7. The van der Waals surface area contributed by atoms with Gasteiger partial charge in [-0.3, -0.25) is 4.79 Å². The molecule has 1 saturated heterocycles. The second-order valence-electron chi connectivity index (χ2n) is 4.74. The summed E-state index contributed by atoms with van der Waals surface area (Å²) in [6.07, 6.45) is 3.55. The molecule has 1 atom stereocenters. The fourth-order valence-electron chi connectivity index (χ4n) is 2.07. The standard InChI is InChI=1S/C12H18N6O2S.ClH/c1-3-7-18(8-10(19)9-5-4-6-13-9)12(21)20-11-14-15-16-17(11)2;/h3,9,13H,1,4-8H2,2H3;1H/t9-;/m0./s1. The van der Waals surface area contributed by atoms with Gasteiger partial charge < -0.3 is 15.0 Å². The van der Waals surface area contributed by atoms with E-state index < -0.39 is 0 Å². The Morgan fingerprint density at radius 3 is 3.00 bits per heavy atom. The Morgan fingerprint density at radius 1 is 1.68 bits per heavy atom. The Bertz CT molecular complexity index is 531. The molecule has 0 radical (unpaired) electrons. The van der Waals surface area contributed by atoms with Crippen molar-refractivity contribution < 1.29 is 9.53 Å². The molecule has 0 saturated carbocycles. The summed E-state index contributed by atoms with van der Waals surface area (Å²) in [6.45, 7) is 5.14. The van der Waals surface area contributed by atoms with Crippen LogP contribution < -0.4 is 10.1 Å². The van der Waals surface area contributed by atoms with Crippen LogP contribution in [0.5, 0.6) is 6.01 Å². The third-order valence-electron chi connectivity index (χ3n) is 3.16. The van der Waals surface area contributed by atoms with E-state index in [1.165, 1.54) is 4.68 Å². The van der Waals surface area contributed by atoms with Crippen molar-refractivity contribution in [3.8, 4) is 6.01 Å². The maximum Gasteiger partial charge on any atom is 0.342 e. The second-order valence-corrected chi connectivity index (χ2v) is 5.09. The lowest BCUT2D eigenvalue weighted by molar-refractivity contribution is -0.121. The van der Waals surface area contributed by atoms with Gasteiger partial charge in [-0.25, -0.2) is 0 Å². The molecule has 0 amide bonds. The van der Waals surface area contributed by atoms with E-state index in [0.717, 1.165) is 19.4 Å². The molecule has 0 aromatic carbocycles. The molecule has 10 heteroatoms. The molecule has 8 nitrogen and oxygen atoms in total. The number of Topliss-reactive ketones (excluding diaryl/α,β-unsaturated/α-hetero) is 1. The van der Waals surface area contributed by atoms with Gasteiger partial charge in [-0.2, -0.15) is 4.68 Å². The summed E-state index contributed by atoms with van der Waals surface area (Å²) in [5.74, 6) is 0.0939. The molecule has 1 aliphatic rings. The van der Waals surface area contributed by atoms with Crippen molar-refractivity contribution in [2.75, 3.05) is 19.6 Å². The third-order valence-corrected chi connectivity index (χ3v) is 3.50. The summed E-state index contributed by atoms with van der Waals surface area (Å²) in [5, 5.41) is 14.1. The zero-order valence-corrected chi connectivity index (χ0v) is 13.9. The van der Waals surface area contributed by atoms with Crippen molar-refractivity contribution in [1.29, 1.82) is 0 Å². The van der Waals surface area contributed by atoms with E-state index in [2.05, 4.69) is 27.4 Å². The second kappa shape index (κ2) is 8.76. The van der Waals surface area contributed by atoms with Crippen LogP contribution in [-0.2, 0) is 11.8 Å². The van der Waals surface area contributed by atoms with Crippen molar-refractivity contribution in [2.24, 2.45) is 7.05 Å².